The third-order valence-corrected chi connectivity index (χ3v) is 4.20. The Kier molecular flexibility index (Phi) is 5.21. The lowest BCUT2D eigenvalue weighted by atomic mass is 10.1. The topological polar surface area (TPSA) is 86.0 Å². The fourth-order valence-electron chi connectivity index (χ4n) is 2.92. The summed E-state index contributed by atoms with van der Waals surface area (Å²) in [5.41, 5.74) is 1.45. The molecule has 3 rings (SSSR count). The minimum Gasteiger partial charge on any atom is -0.352 e. The molecule has 0 aliphatic carbocycles. The third-order valence-electron chi connectivity index (χ3n) is 4.20. The standard InChI is InChI=1S/C20H22N4O3/c1-13(2)22-17(25)12-23-16-5-4-10-21-18(16)19(26)24(20(23)27)11-15-8-6-14(3)7-9-15/h4-10,13H,11-12H2,1-3H3,(H,22,25). The van der Waals surface area contributed by atoms with Gasteiger partial charge >= 0.3 is 5.69 Å². The molecule has 3 aromatic rings. The van der Waals surface area contributed by atoms with Crippen LogP contribution in [0, 0.1) is 6.92 Å². The predicted octanol–water partition coefficient (Wildman–Crippen LogP) is 1.44. The van der Waals surface area contributed by atoms with Crippen LogP contribution in [0.5, 0.6) is 0 Å². The number of pyridine rings is 1. The Bertz CT molecular complexity index is 1090. The van der Waals surface area contributed by atoms with Crippen molar-refractivity contribution < 1.29 is 4.79 Å². The van der Waals surface area contributed by atoms with E-state index in [0.29, 0.717) is 5.52 Å². The lowest BCUT2D eigenvalue weighted by molar-refractivity contribution is -0.122. The van der Waals surface area contributed by atoms with Crippen molar-refractivity contribution in [1.82, 2.24) is 19.4 Å². The van der Waals surface area contributed by atoms with Crippen LogP contribution in [0.3, 0.4) is 0 Å². The Morgan fingerprint density at radius 2 is 1.81 bits per heavy atom. The van der Waals surface area contributed by atoms with Crippen molar-refractivity contribution in [2.75, 3.05) is 0 Å². The van der Waals surface area contributed by atoms with Gasteiger partial charge in [-0.15, -0.1) is 0 Å². The Labute approximate surface area is 156 Å². The molecule has 140 valence electrons. The highest BCUT2D eigenvalue weighted by molar-refractivity contribution is 5.79. The largest absolute Gasteiger partial charge is 0.352 e. The van der Waals surface area contributed by atoms with Crippen LogP contribution in [0.4, 0.5) is 0 Å². The molecule has 0 saturated carbocycles. The molecule has 0 spiro atoms. The summed E-state index contributed by atoms with van der Waals surface area (Å²) in [6.07, 6.45) is 1.50. The zero-order chi connectivity index (χ0) is 19.6. The number of aromatic nitrogens is 3. The van der Waals surface area contributed by atoms with Crippen molar-refractivity contribution in [1.29, 1.82) is 0 Å². The van der Waals surface area contributed by atoms with Gasteiger partial charge in [-0.25, -0.2) is 9.78 Å². The summed E-state index contributed by atoms with van der Waals surface area (Å²) in [5.74, 6) is -0.294. The number of hydrogen-bond donors (Lipinski definition) is 1. The van der Waals surface area contributed by atoms with Gasteiger partial charge in [-0.05, 0) is 38.5 Å². The molecule has 0 bridgehead atoms. The fourth-order valence-corrected chi connectivity index (χ4v) is 2.92. The lowest BCUT2D eigenvalue weighted by Crippen LogP contribution is -2.43. The van der Waals surface area contributed by atoms with Gasteiger partial charge in [0.25, 0.3) is 5.56 Å². The van der Waals surface area contributed by atoms with Gasteiger partial charge < -0.3 is 5.32 Å². The van der Waals surface area contributed by atoms with E-state index in [9.17, 15) is 14.4 Å². The van der Waals surface area contributed by atoms with Gasteiger partial charge in [0.05, 0.1) is 12.1 Å². The first-order valence-electron chi connectivity index (χ1n) is 8.80. The van der Waals surface area contributed by atoms with Crippen molar-refractivity contribution in [2.45, 2.75) is 39.9 Å². The average Bonchev–Trinajstić information content (AvgIpc) is 2.63. The summed E-state index contributed by atoms with van der Waals surface area (Å²) in [7, 11) is 0. The van der Waals surface area contributed by atoms with Crippen LogP contribution in [0.15, 0.2) is 52.2 Å². The van der Waals surface area contributed by atoms with E-state index in [4.69, 9.17) is 0 Å². The summed E-state index contributed by atoms with van der Waals surface area (Å²) < 4.78 is 2.43. The first kappa shape index (κ1) is 18.6. The summed E-state index contributed by atoms with van der Waals surface area (Å²) in [4.78, 5) is 42.2. The SMILES string of the molecule is Cc1ccc(Cn2c(=O)c3ncccc3n(CC(=O)NC(C)C)c2=O)cc1. The zero-order valence-corrected chi connectivity index (χ0v) is 15.6. The Hall–Kier alpha value is -3.22. The Morgan fingerprint density at radius 3 is 2.48 bits per heavy atom. The monoisotopic (exact) mass is 366 g/mol. The minimum atomic E-state index is -0.528. The molecule has 1 amide bonds. The normalized spacial score (nSPS) is 11.1. The maximum Gasteiger partial charge on any atom is 0.332 e. The number of fused-ring (bicyclic) bond motifs is 1. The highest BCUT2D eigenvalue weighted by Crippen LogP contribution is 2.07. The smallest absolute Gasteiger partial charge is 0.332 e. The second kappa shape index (κ2) is 7.57. The number of carbonyl (C=O) groups excluding carboxylic acids is 1. The van der Waals surface area contributed by atoms with Crippen LogP contribution in [-0.2, 0) is 17.9 Å². The van der Waals surface area contributed by atoms with Gasteiger partial charge in [0.2, 0.25) is 5.91 Å². The molecule has 0 fully saturated rings. The van der Waals surface area contributed by atoms with E-state index < -0.39 is 11.2 Å². The molecule has 1 N–H and O–H groups in total. The van der Waals surface area contributed by atoms with Crippen molar-refractivity contribution in [3.63, 3.8) is 0 Å². The number of benzene rings is 1. The van der Waals surface area contributed by atoms with Gasteiger partial charge in [-0.2, -0.15) is 0 Å². The zero-order valence-electron chi connectivity index (χ0n) is 15.6. The molecule has 0 radical (unpaired) electrons. The molecule has 7 nitrogen and oxygen atoms in total. The number of rotatable bonds is 5. The Morgan fingerprint density at radius 1 is 1.11 bits per heavy atom. The van der Waals surface area contributed by atoms with Crippen LogP contribution >= 0.6 is 0 Å². The van der Waals surface area contributed by atoms with Crippen LogP contribution in [-0.4, -0.2) is 26.1 Å². The molecule has 0 aliphatic rings. The number of nitrogens with zero attached hydrogens (tertiary/aromatic N) is 3. The molecule has 0 atom stereocenters. The number of carbonyl (C=O) groups is 1. The lowest BCUT2D eigenvalue weighted by Gasteiger charge is -2.14. The van der Waals surface area contributed by atoms with E-state index in [1.54, 1.807) is 12.1 Å². The molecule has 2 heterocycles. The van der Waals surface area contributed by atoms with Crippen molar-refractivity contribution in [3.8, 4) is 0 Å². The molecule has 0 aliphatic heterocycles. The average molecular weight is 366 g/mol. The molecule has 1 aromatic carbocycles. The second-order valence-electron chi connectivity index (χ2n) is 6.84. The van der Waals surface area contributed by atoms with Crippen LogP contribution in [0.2, 0.25) is 0 Å². The highest BCUT2D eigenvalue weighted by atomic mass is 16.2. The predicted molar refractivity (Wildman–Crippen MR) is 104 cm³/mol. The summed E-state index contributed by atoms with van der Waals surface area (Å²) in [6, 6.07) is 10.8. The van der Waals surface area contributed by atoms with Crippen molar-refractivity contribution in [3.05, 3.63) is 74.6 Å². The molecule has 27 heavy (non-hydrogen) atoms. The van der Waals surface area contributed by atoms with E-state index in [1.807, 2.05) is 45.0 Å². The highest BCUT2D eigenvalue weighted by Gasteiger charge is 2.16. The minimum absolute atomic E-state index is 0.0453. The first-order valence-corrected chi connectivity index (χ1v) is 8.80. The number of nitrogens with one attached hydrogen (secondary N) is 1. The van der Waals surface area contributed by atoms with Crippen molar-refractivity contribution in [2.24, 2.45) is 0 Å². The number of hydrogen-bond acceptors (Lipinski definition) is 4. The van der Waals surface area contributed by atoms with E-state index in [-0.39, 0.29) is 30.6 Å². The maximum atomic E-state index is 13.0. The van der Waals surface area contributed by atoms with E-state index >= 15 is 0 Å². The quantitative estimate of drug-likeness (QED) is 0.740. The van der Waals surface area contributed by atoms with Crippen LogP contribution < -0.4 is 16.6 Å². The van der Waals surface area contributed by atoms with Gasteiger partial charge in [0, 0.05) is 12.2 Å². The van der Waals surface area contributed by atoms with E-state index in [1.165, 1.54) is 10.8 Å². The molecular weight excluding hydrogens is 344 g/mol. The molecular formula is C20H22N4O3. The van der Waals surface area contributed by atoms with E-state index in [2.05, 4.69) is 10.3 Å². The Balaban J connectivity index is 2.13. The molecule has 0 saturated heterocycles. The maximum absolute atomic E-state index is 13.0. The van der Waals surface area contributed by atoms with Crippen LogP contribution in [0.1, 0.15) is 25.0 Å². The van der Waals surface area contributed by atoms with Crippen molar-refractivity contribution >= 4 is 16.9 Å². The number of amides is 1. The summed E-state index contributed by atoms with van der Waals surface area (Å²) in [6.45, 7) is 5.61. The van der Waals surface area contributed by atoms with Gasteiger partial charge in [0.15, 0.2) is 5.52 Å². The van der Waals surface area contributed by atoms with Gasteiger partial charge in [-0.3, -0.25) is 18.7 Å². The van der Waals surface area contributed by atoms with E-state index in [0.717, 1.165) is 15.7 Å². The number of aryl methyl sites for hydroxylation is 1. The van der Waals surface area contributed by atoms with Gasteiger partial charge in [-0.1, -0.05) is 29.8 Å². The summed E-state index contributed by atoms with van der Waals surface area (Å²) in [5, 5.41) is 2.77. The van der Waals surface area contributed by atoms with Crippen LogP contribution in [0.25, 0.3) is 11.0 Å². The van der Waals surface area contributed by atoms with Gasteiger partial charge in [0.1, 0.15) is 6.54 Å². The third kappa shape index (κ3) is 3.97. The molecule has 7 heteroatoms. The molecule has 2 aromatic heterocycles. The second-order valence-corrected chi connectivity index (χ2v) is 6.84. The molecule has 0 unspecified atom stereocenters. The fraction of sp³-hybridized carbons (Fsp3) is 0.300. The summed E-state index contributed by atoms with van der Waals surface area (Å²) >= 11 is 0. The first-order chi connectivity index (χ1) is 12.9.